The summed E-state index contributed by atoms with van der Waals surface area (Å²) in [6, 6.07) is 0. The van der Waals surface area contributed by atoms with Crippen LogP contribution >= 0.6 is 0 Å². The molecule has 0 aromatic carbocycles. The largest absolute Gasteiger partial charge is 0.466 e. The second-order valence-electron chi connectivity index (χ2n) is 1.74. The maximum atomic E-state index is 10.2. The summed E-state index contributed by atoms with van der Waals surface area (Å²) in [7, 11) is 1.68. The van der Waals surface area contributed by atoms with Gasteiger partial charge in [-0.25, -0.2) is 0 Å². The molecule has 0 spiro atoms. The Bertz CT molecular complexity index is 79.4. The molecule has 0 unspecified atom stereocenters. The molecular weight excluding hydrogens is 144 g/mol. The Kier molecular flexibility index (Phi) is 14.4. The van der Waals surface area contributed by atoms with Gasteiger partial charge in [-0.1, -0.05) is 6.92 Å². The molecule has 68 valence electrons. The summed E-state index contributed by atoms with van der Waals surface area (Å²) in [4.78, 5) is 10.2. The van der Waals surface area contributed by atoms with Gasteiger partial charge in [0.15, 0.2) is 0 Å². The highest BCUT2D eigenvalue weighted by atomic mass is 16.5. The molecule has 0 amide bonds. The highest BCUT2D eigenvalue weighted by molar-refractivity contribution is 5.68. The lowest BCUT2D eigenvalue weighted by atomic mass is 10.5. The van der Waals surface area contributed by atoms with E-state index in [1.54, 1.807) is 21.0 Å². The van der Waals surface area contributed by atoms with E-state index in [4.69, 9.17) is 0 Å². The zero-order valence-corrected chi connectivity index (χ0v) is 7.85. The van der Waals surface area contributed by atoms with Crippen LogP contribution in [0, 0.1) is 0 Å². The molecule has 0 fully saturated rings. The van der Waals surface area contributed by atoms with E-state index in [2.05, 4.69) is 9.47 Å². The smallest absolute Gasteiger partial charge is 0.305 e. The lowest BCUT2D eigenvalue weighted by Gasteiger charge is -1.93. The highest BCUT2D eigenvalue weighted by Crippen LogP contribution is 1.80. The van der Waals surface area contributed by atoms with Crippen molar-refractivity contribution in [3.05, 3.63) is 0 Å². The number of ether oxygens (including phenoxy) is 2. The minimum Gasteiger partial charge on any atom is -0.466 e. The zero-order valence-electron chi connectivity index (χ0n) is 7.85. The van der Waals surface area contributed by atoms with Crippen LogP contribution in [0.15, 0.2) is 0 Å². The topological polar surface area (TPSA) is 35.5 Å². The first-order valence-corrected chi connectivity index (χ1v) is 3.87. The van der Waals surface area contributed by atoms with E-state index in [1.807, 2.05) is 6.92 Å². The molecule has 0 aliphatic rings. The fourth-order valence-electron chi connectivity index (χ4n) is 0.263. The standard InChI is InChI=1S/C5H10O2.C3H8O/c1-3-5(6)7-4-2;1-3-4-2/h3-4H2,1-2H3;3H2,1-2H3. The Morgan fingerprint density at radius 2 is 1.64 bits per heavy atom. The third-order valence-corrected chi connectivity index (χ3v) is 0.883. The predicted molar refractivity (Wildman–Crippen MR) is 44.5 cm³/mol. The van der Waals surface area contributed by atoms with Crippen LogP contribution in [-0.4, -0.2) is 26.3 Å². The average molecular weight is 162 g/mol. The molecule has 0 atom stereocenters. The van der Waals surface area contributed by atoms with Gasteiger partial charge in [-0.2, -0.15) is 0 Å². The average Bonchev–Trinajstić information content (AvgIpc) is 2.05. The van der Waals surface area contributed by atoms with E-state index in [-0.39, 0.29) is 5.97 Å². The van der Waals surface area contributed by atoms with Crippen LogP contribution in [0.5, 0.6) is 0 Å². The molecule has 0 bridgehead atoms. The van der Waals surface area contributed by atoms with E-state index < -0.39 is 0 Å². The summed E-state index contributed by atoms with van der Waals surface area (Å²) < 4.78 is 9.09. The number of carbonyl (C=O) groups excluding carboxylic acids is 1. The Hall–Kier alpha value is -0.570. The number of rotatable bonds is 3. The van der Waals surface area contributed by atoms with Gasteiger partial charge in [0.05, 0.1) is 6.61 Å². The van der Waals surface area contributed by atoms with Crippen molar-refractivity contribution < 1.29 is 14.3 Å². The van der Waals surface area contributed by atoms with E-state index >= 15 is 0 Å². The van der Waals surface area contributed by atoms with Crippen LogP contribution in [0.3, 0.4) is 0 Å². The number of carbonyl (C=O) groups is 1. The van der Waals surface area contributed by atoms with Gasteiger partial charge in [0, 0.05) is 20.1 Å². The van der Waals surface area contributed by atoms with Crippen molar-refractivity contribution in [3.63, 3.8) is 0 Å². The van der Waals surface area contributed by atoms with Crippen molar-refractivity contribution in [3.8, 4) is 0 Å². The second-order valence-corrected chi connectivity index (χ2v) is 1.74. The maximum Gasteiger partial charge on any atom is 0.305 e. The van der Waals surface area contributed by atoms with Gasteiger partial charge in [-0.15, -0.1) is 0 Å². The summed E-state index contributed by atoms with van der Waals surface area (Å²) in [5, 5.41) is 0. The monoisotopic (exact) mass is 162 g/mol. The lowest BCUT2D eigenvalue weighted by Crippen LogP contribution is -2.00. The number of esters is 1. The van der Waals surface area contributed by atoms with Crippen LogP contribution in [0.4, 0.5) is 0 Å². The third kappa shape index (κ3) is 17.7. The molecule has 11 heavy (non-hydrogen) atoms. The molecule has 0 rings (SSSR count). The Labute approximate surface area is 68.7 Å². The van der Waals surface area contributed by atoms with Gasteiger partial charge in [-0.05, 0) is 13.8 Å². The van der Waals surface area contributed by atoms with Crippen molar-refractivity contribution in [1.29, 1.82) is 0 Å². The van der Waals surface area contributed by atoms with E-state index in [0.717, 1.165) is 6.61 Å². The van der Waals surface area contributed by atoms with Crippen molar-refractivity contribution in [2.24, 2.45) is 0 Å². The lowest BCUT2D eigenvalue weighted by molar-refractivity contribution is -0.142. The van der Waals surface area contributed by atoms with Gasteiger partial charge in [0.2, 0.25) is 0 Å². The fourth-order valence-corrected chi connectivity index (χ4v) is 0.263. The van der Waals surface area contributed by atoms with Crippen molar-refractivity contribution in [1.82, 2.24) is 0 Å². The molecule has 0 aromatic rings. The summed E-state index contributed by atoms with van der Waals surface area (Å²) in [6.07, 6.45) is 0.480. The molecule has 0 saturated heterocycles. The Morgan fingerprint density at radius 1 is 1.18 bits per heavy atom. The maximum absolute atomic E-state index is 10.2. The van der Waals surface area contributed by atoms with Crippen LogP contribution in [0.2, 0.25) is 0 Å². The van der Waals surface area contributed by atoms with Gasteiger partial charge in [-0.3, -0.25) is 4.79 Å². The Balaban J connectivity index is 0. The normalized spacial score (nSPS) is 8.00. The molecule has 0 aliphatic heterocycles. The summed E-state index contributed by atoms with van der Waals surface area (Å²) in [5.41, 5.74) is 0. The molecule has 0 radical (unpaired) electrons. The summed E-state index contributed by atoms with van der Waals surface area (Å²) in [5.74, 6) is -0.123. The minimum atomic E-state index is -0.123. The molecule has 3 nitrogen and oxygen atoms in total. The predicted octanol–water partition coefficient (Wildman–Crippen LogP) is 1.61. The van der Waals surface area contributed by atoms with Gasteiger partial charge in [0.25, 0.3) is 0 Å². The second kappa shape index (κ2) is 12.1. The first-order valence-electron chi connectivity index (χ1n) is 3.87. The molecule has 0 aromatic heterocycles. The number of hydrogen-bond acceptors (Lipinski definition) is 3. The summed E-state index contributed by atoms with van der Waals surface area (Å²) in [6.45, 7) is 6.85. The molecule has 0 aliphatic carbocycles. The number of hydrogen-bond donors (Lipinski definition) is 0. The van der Waals surface area contributed by atoms with Crippen LogP contribution in [0.1, 0.15) is 27.2 Å². The minimum absolute atomic E-state index is 0.123. The van der Waals surface area contributed by atoms with E-state index in [1.165, 1.54) is 0 Å². The molecule has 0 heterocycles. The molecular formula is C8H18O3. The fraction of sp³-hybridized carbons (Fsp3) is 0.875. The molecule has 0 saturated carbocycles. The SMILES string of the molecule is CCOC.CCOC(=O)CC. The van der Waals surface area contributed by atoms with Gasteiger partial charge in [0.1, 0.15) is 0 Å². The van der Waals surface area contributed by atoms with Crippen molar-refractivity contribution >= 4 is 5.97 Å². The van der Waals surface area contributed by atoms with Crippen molar-refractivity contribution in [2.45, 2.75) is 27.2 Å². The van der Waals surface area contributed by atoms with Crippen LogP contribution in [0.25, 0.3) is 0 Å². The van der Waals surface area contributed by atoms with Crippen molar-refractivity contribution in [2.75, 3.05) is 20.3 Å². The van der Waals surface area contributed by atoms with E-state index in [0.29, 0.717) is 13.0 Å². The molecule has 0 N–H and O–H groups in total. The van der Waals surface area contributed by atoms with Crippen LogP contribution in [-0.2, 0) is 14.3 Å². The van der Waals surface area contributed by atoms with Gasteiger partial charge >= 0.3 is 5.97 Å². The summed E-state index contributed by atoms with van der Waals surface area (Å²) >= 11 is 0. The molecule has 3 heteroatoms. The Morgan fingerprint density at radius 3 is 1.73 bits per heavy atom. The number of methoxy groups -OCH3 is 1. The van der Waals surface area contributed by atoms with Gasteiger partial charge < -0.3 is 9.47 Å². The highest BCUT2D eigenvalue weighted by Gasteiger charge is 1.91. The third-order valence-electron chi connectivity index (χ3n) is 0.883. The quantitative estimate of drug-likeness (QED) is 0.591. The zero-order chi connectivity index (χ0) is 9.11. The van der Waals surface area contributed by atoms with Crippen LogP contribution < -0.4 is 0 Å². The first-order chi connectivity index (χ1) is 5.22. The van der Waals surface area contributed by atoms with E-state index in [9.17, 15) is 4.79 Å². The first kappa shape index (κ1) is 13.1.